The average molecular weight is 488 g/mol. The monoisotopic (exact) mass is 487 g/mol. The molecule has 1 heterocycles. The van der Waals surface area contributed by atoms with Gasteiger partial charge in [0, 0.05) is 16.6 Å². The minimum absolute atomic E-state index is 0.0283. The van der Waals surface area contributed by atoms with Crippen molar-refractivity contribution in [1.82, 2.24) is 14.8 Å². The first-order valence-corrected chi connectivity index (χ1v) is 11.1. The molecule has 0 amide bonds. The standard InChI is InChI=1S/C22H22BrN3O3S/c1-4-13-26-21(15(2)29-20-8-6-5-7-19(20)28-3)24-25-22(26)30-14-18(27)16-9-11-17(23)12-10-16/h4-12,15H,1,13-14H2,2-3H3. The Balaban J connectivity index is 1.74. The molecule has 0 N–H and O–H groups in total. The van der Waals surface area contributed by atoms with Crippen molar-refractivity contribution in [2.45, 2.75) is 24.7 Å². The number of hydrogen-bond donors (Lipinski definition) is 0. The lowest BCUT2D eigenvalue weighted by atomic mass is 10.2. The number of methoxy groups -OCH3 is 1. The van der Waals surface area contributed by atoms with E-state index in [-0.39, 0.29) is 17.6 Å². The lowest BCUT2D eigenvalue weighted by Gasteiger charge is -2.17. The summed E-state index contributed by atoms with van der Waals surface area (Å²) in [4.78, 5) is 12.5. The molecular weight excluding hydrogens is 466 g/mol. The van der Waals surface area contributed by atoms with E-state index in [0.717, 1.165) is 4.47 Å². The van der Waals surface area contributed by atoms with Crippen LogP contribution in [0.4, 0.5) is 0 Å². The number of Topliss-reactive ketones (excluding diaryl/α,β-unsaturated/α-hetero) is 1. The molecule has 0 aliphatic rings. The van der Waals surface area contributed by atoms with Gasteiger partial charge in [0.2, 0.25) is 0 Å². The Morgan fingerprint density at radius 2 is 1.90 bits per heavy atom. The van der Waals surface area contributed by atoms with Crippen LogP contribution in [0.5, 0.6) is 11.5 Å². The highest BCUT2D eigenvalue weighted by molar-refractivity contribution is 9.10. The third kappa shape index (κ3) is 5.31. The average Bonchev–Trinajstić information content (AvgIpc) is 3.16. The second-order valence-corrected chi connectivity index (χ2v) is 8.23. The zero-order valence-electron chi connectivity index (χ0n) is 16.7. The summed E-state index contributed by atoms with van der Waals surface area (Å²) >= 11 is 4.73. The Bertz CT molecular complexity index is 1020. The number of hydrogen-bond acceptors (Lipinski definition) is 6. The van der Waals surface area contributed by atoms with E-state index in [1.165, 1.54) is 11.8 Å². The van der Waals surface area contributed by atoms with Crippen molar-refractivity contribution in [3.05, 3.63) is 77.0 Å². The van der Waals surface area contributed by atoms with Gasteiger partial charge in [0.1, 0.15) is 0 Å². The van der Waals surface area contributed by atoms with Crippen molar-refractivity contribution in [3.8, 4) is 11.5 Å². The molecule has 6 nitrogen and oxygen atoms in total. The van der Waals surface area contributed by atoms with Crippen LogP contribution in [-0.4, -0.2) is 33.4 Å². The molecule has 0 saturated heterocycles. The number of rotatable bonds is 10. The fourth-order valence-corrected chi connectivity index (χ4v) is 3.93. The van der Waals surface area contributed by atoms with E-state index in [0.29, 0.717) is 34.6 Å². The summed E-state index contributed by atoms with van der Waals surface area (Å²) in [6, 6.07) is 14.8. The predicted octanol–water partition coefficient (Wildman–Crippen LogP) is 5.35. The van der Waals surface area contributed by atoms with Gasteiger partial charge in [-0.3, -0.25) is 9.36 Å². The van der Waals surface area contributed by atoms with Gasteiger partial charge in [-0.25, -0.2) is 0 Å². The number of ether oxygens (including phenoxy) is 2. The van der Waals surface area contributed by atoms with Gasteiger partial charge in [-0.15, -0.1) is 16.8 Å². The highest BCUT2D eigenvalue weighted by Gasteiger charge is 2.21. The smallest absolute Gasteiger partial charge is 0.192 e. The molecule has 1 unspecified atom stereocenters. The number of ketones is 1. The first-order valence-electron chi connectivity index (χ1n) is 9.28. The lowest BCUT2D eigenvalue weighted by Crippen LogP contribution is -2.13. The third-order valence-electron chi connectivity index (χ3n) is 4.29. The number of carbonyl (C=O) groups excluding carboxylic acids is 1. The van der Waals surface area contributed by atoms with Crippen LogP contribution >= 0.6 is 27.7 Å². The molecule has 0 spiro atoms. The number of benzene rings is 2. The number of nitrogens with zero attached hydrogens (tertiary/aromatic N) is 3. The summed E-state index contributed by atoms with van der Waals surface area (Å²) in [6.07, 6.45) is 1.40. The second kappa shape index (κ2) is 10.4. The van der Waals surface area contributed by atoms with E-state index >= 15 is 0 Å². The third-order valence-corrected chi connectivity index (χ3v) is 5.79. The summed E-state index contributed by atoms with van der Waals surface area (Å²) in [6.45, 7) is 6.23. The highest BCUT2D eigenvalue weighted by Crippen LogP contribution is 2.31. The summed E-state index contributed by atoms with van der Waals surface area (Å²) in [7, 11) is 1.60. The summed E-state index contributed by atoms with van der Waals surface area (Å²) in [5.41, 5.74) is 0.661. The number of carbonyl (C=O) groups is 1. The van der Waals surface area contributed by atoms with Crippen molar-refractivity contribution in [1.29, 1.82) is 0 Å². The molecule has 0 bridgehead atoms. The molecule has 2 aromatic carbocycles. The number of thioether (sulfide) groups is 1. The SMILES string of the molecule is C=CCn1c(SCC(=O)c2ccc(Br)cc2)nnc1C(C)Oc1ccccc1OC. The molecular formula is C22H22BrN3O3S. The molecule has 156 valence electrons. The molecule has 30 heavy (non-hydrogen) atoms. The fourth-order valence-electron chi connectivity index (χ4n) is 2.82. The molecule has 3 rings (SSSR count). The molecule has 8 heteroatoms. The van der Waals surface area contributed by atoms with Crippen molar-refractivity contribution < 1.29 is 14.3 Å². The van der Waals surface area contributed by atoms with Crippen LogP contribution in [-0.2, 0) is 6.54 Å². The predicted molar refractivity (Wildman–Crippen MR) is 121 cm³/mol. The number of halogens is 1. The quantitative estimate of drug-likeness (QED) is 0.218. The van der Waals surface area contributed by atoms with Crippen LogP contribution in [0.1, 0.15) is 29.2 Å². The van der Waals surface area contributed by atoms with Gasteiger partial charge in [-0.05, 0) is 31.2 Å². The highest BCUT2D eigenvalue weighted by atomic mass is 79.9. The van der Waals surface area contributed by atoms with Gasteiger partial charge in [-0.2, -0.15) is 0 Å². The molecule has 0 aliphatic carbocycles. The molecule has 3 aromatic rings. The van der Waals surface area contributed by atoms with Crippen LogP contribution in [0.3, 0.4) is 0 Å². The maximum Gasteiger partial charge on any atom is 0.192 e. The van der Waals surface area contributed by atoms with Crippen molar-refractivity contribution in [2.75, 3.05) is 12.9 Å². The van der Waals surface area contributed by atoms with Crippen molar-refractivity contribution in [3.63, 3.8) is 0 Å². The van der Waals surface area contributed by atoms with Crippen LogP contribution in [0.25, 0.3) is 0 Å². The zero-order chi connectivity index (χ0) is 21.5. The van der Waals surface area contributed by atoms with Gasteiger partial charge in [0.25, 0.3) is 0 Å². The Labute approximate surface area is 188 Å². The van der Waals surface area contributed by atoms with E-state index < -0.39 is 0 Å². The minimum Gasteiger partial charge on any atom is -0.493 e. The molecule has 0 fully saturated rings. The molecule has 0 aliphatic heterocycles. The van der Waals surface area contributed by atoms with E-state index in [1.54, 1.807) is 25.3 Å². The normalized spacial score (nSPS) is 11.7. The largest absolute Gasteiger partial charge is 0.493 e. The zero-order valence-corrected chi connectivity index (χ0v) is 19.1. The Morgan fingerprint density at radius 3 is 2.57 bits per heavy atom. The van der Waals surface area contributed by atoms with Crippen molar-refractivity contribution in [2.24, 2.45) is 0 Å². The maximum atomic E-state index is 12.5. The van der Waals surface area contributed by atoms with E-state index in [2.05, 4.69) is 32.7 Å². The lowest BCUT2D eigenvalue weighted by molar-refractivity contribution is 0.102. The molecule has 0 radical (unpaired) electrons. The molecule has 0 saturated carbocycles. The molecule has 1 atom stereocenters. The Kier molecular flexibility index (Phi) is 7.70. The van der Waals surface area contributed by atoms with Crippen LogP contribution in [0, 0.1) is 0 Å². The summed E-state index contributed by atoms with van der Waals surface area (Å²) < 4.78 is 14.3. The number of para-hydroxylation sites is 2. The minimum atomic E-state index is -0.370. The second-order valence-electron chi connectivity index (χ2n) is 6.37. The van der Waals surface area contributed by atoms with Gasteiger partial charge in [-0.1, -0.05) is 58.0 Å². The topological polar surface area (TPSA) is 66.2 Å². The van der Waals surface area contributed by atoms with Crippen LogP contribution in [0.15, 0.2) is 70.8 Å². The number of aromatic nitrogens is 3. The number of allylic oxidation sites excluding steroid dienone is 1. The Hall–Kier alpha value is -2.58. The summed E-state index contributed by atoms with van der Waals surface area (Å²) in [5, 5.41) is 9.23. The van der Waals surface area contributed by atoms with Gasteiger partial charge < -0.3 is 9.47 Å². The van der Waals surface area contributed by atoms with E-state index in [1.807, 2.05) is 47.9 Å². The van der Waals surface area contributed by atoms with Crippen LogP contribution in [0.2, 0.25) is 0 Å². The van der Waals surface area contributed by atoms with E-state index in [4.69, 9.17) is 9.47 Å². The summed E-state index contributed by atoms with van der Waals surface area (Å²) in [5.74, 6) is 2.22. The van der Waals surface area contributed by atoms with Gasteiger partial charge in [0.05, 0.1) is 12.9 Å². The Morgan fingerprint density at radius 1 is 1.20 bits per heavy atom. The van der Waals surface area contributed by atoms with E-state index in [9.17, 15) is 4.79 Å². The first kappa shape index (κ1) is 22.1. The molecule has 1 aromatic heterocycles. The first-order chi connectivity index (χ1) is 14.5. The van der Waals surface area contributed by atoms with Crippen molar-refractivity contribution >= 4 is 33.5 Å². The van der Waals surface area contributed by atoms with Gasteiger partial charge in [0.15, 0.2) is 34.4 Å². The van der Waals surface area contributed by atoms with Gasteiger partial charge >= 0.3 is 0 Å². The maximum absolute atomic E-state index is 12.5. The fraction of sp³-hybridized carbons (Fsp3) is 0.227. The van der Waals surface area contributed by atoms with Crippen LogP contribution < -0.4 is 9.47 Å².